The Balaban J connectivity index is 1.32. The van der Waals surface area contributed by atoms with Crippen LogP contribution in [0.1, 0.15) is 154 Å². The largest absolute Gasteiger partial charge is 0.457 e. The standard InChI is InChI=1S/C47H76FNO10/c1-2-3-4-5-6-7-8-9-10-14-17-20-23-40(51)43(53)39(34-57-47-46(56)45(55)44(54)41(33-50)59-47)49-42(52)24-21-18-15-12-11-13-16-19-22-35-25-29-37(30-26-35)58-38-31-27-36(48)28-32-38/h25-32,39-41,43-47,50-51,53-56H,2-24,33-34H2,1H3,(H,49,52)/t39-,40+,41?,43-,44-,45-,46?,47+/m0/s1. The summed E-state index contributed by atoms with van der Waals surface area (Å²) in [7, 11) is 0. The lowest BCUT2D eigenvalue weighted by molar-refractivity contribution is -0.303. The summed E-state index contributed by atoms with van der Waals surface area (Å²) in [5.74, 6) is 0.728. The first-order valence-corrected chi connectivity index (χ1v) is 22.7. The van der Waals surface area contributed by atoms with Crippen molar-refractivity contribution in [3.05, 3.63) is 59.9 Å². The van der Waals surface area contributed by atoms with Gasteiger partial charge in [0.25, 0.3) is 0 Å². The molecule has 2 unspecified atom stereocenters. The number of ether oxygens (including phenoxy) is 3. The van der Waals surface area contributed by atoms with Crippen LogP contribution in [0.5, 0.6) is 11.5 Å². The Morgan fingerprint density at radius 2 is 1.20 bits per heavy atom. The van der Waals surface area contributed by atoms with E-state index in [2.05, 4.69) is 24.4 Å². The van der Waals surface area contributed by atoms with Gasteiger partial charge >= 0.3 is 0 Å². The van der Waals surface area contributed by atoms with Gasteiger partial charge in [-0.1, -0.05) is 135 Å². The van der Waals surface area contributed by atoms with E-state index in [1.165, 1.54) is 69.1 Å². The Morgan fingerprint density at radius 1 is 0.695 bits per heavy atom. The summed E-state index contributed by atoms with van der Waals surface area (Å²) in [6.45, 7) is 1.29. The zero-order valence-corrected chi connectivity index (χ0v) is 35.6. The molecule has 0 spiro atoms. The third kappa shape index (κ3) is 20.6. The van der Waals surface area contributed by atoms with Crippen molar-refractivity contribution in [1.29, 1.82) is 0 Å². The predicted molar refractivity (Wildman–Crippen MR) is 228 cm³/mol. The quantitative estimate of drug-likeness (QED) is 0.0352. The fourth-order valence-corrected chi connectivity index (χ4v) is 7.58. The Labute approximate surface area is 352 Å². The molecule has 7 N–H and O–H groups in total. The van der Waals surface area contributed by atoms with E-state index in [0.29, 0.717) is 18.6 Å². The summed E-state index contributed by atoms with van der Waals surface area (Å²) in [6, 6.07) is 12.9. The summed E-state index contributed by atoms with van der Waals surface area (Å²) in [6.07, 6.45) is 14.1. The summed E-state index contributed by atoms with van der Waals surface area (Å²) in [5, 5.41) is 65.2. The van der Waals surface area contributed by atoms with E-state index >= 15 is 0 Å². The van der Waals surface area contributed by atoms with Crippen LogP contribution in [0, 0.1) is 5.82 Å². The van der Waals surface area contributed by atoms with Gasteiger partial charge < -0.3 is 50.2 Å². The van der Waals surface area contributed by atoms with Crippen LogP contribution in [-0.2, 0) is 20.7 Å². The first-order chi connectivity index (χ1) is 28.6. The highest BCUT2D eigenvalue weighted by molar-refractivity contribution is 5.76. The van der Waals surface area contributed by atoms with Crippen molar-refractivity contribution in [3.63, 3.8) is 0 Å². The lowest BCUT2D eigenvalue weighted by Gasteiger charge is -2.40. The van der Waals surface area contributed by atoms with E-state index in [-0.39, 0.29) is 24.8 Å². The minimum Gasteiger partial charge on any atom is -0.457 e. The zero-order chi connectivity index (χ0) is 42.7. The Hall–Kier alpha value is -2.68. The molecule has 1 fully saturated rings. The molecule has 336 valence electrons. The van der Waals surface area contributed by atoms with Crippen LogP contribution in [-0.4, -0.2) is 98.7 Å². The molecule has 8 atom stereocenters. The molecule has 1 aliphatic rings. The first kappa shape index (κ1) is 50.7. The van der Waals surface area contributed by atoms with E-state index in [1.807, 2.05) is 12.1 Å². The third-order valence-corrected chi connectivity index (χ3v) is 11.4. The maximum atomic E-state index is 13.1. The molecule has 1 amide bonds. The monoisotopic (exact) mass is 834 g/mol. The Bertz CT molecular complexity index is 1350. The van der Waals surface area contributed by atoms with Crippen molar-refractivity contribution in [2.45, 2.75) is 204 Å². The number of halogens is 1. The highest BCUT2D eigenvalue weighted by Crippen LogP contribution is 2.24. The van der Waals surface area contributed by atoms with E-state index in [1.54, 1.807) is 12.1 Å². The zero-order valence-electron chi connectivity index (χ0n) is 35.6. The van der Waals surface area contributed by atoms with Crippen LogP contribution in [0.25, 0.3) is 0 Å². The van der Waals surface area contributed by atoms with Crippen LogP contribution >= 0.6 is 0 Å². The van der Waals surface area contributed by atoms with Crippen molar-refractivity contribution in [2.24, 2.45) is 0 Å². The summed E-state index contributed by atoms with van der Waals surface area (Å²) < 4.78 is 30.0. The number of rotatable bonds is 33. The average molecular weight is 834 g/mol. The van der Waals surface area contributed by atoms with Gasteiger partial charge in [0.05, 0.1) is 25.4 Å². The first-order valence-electron chi connectivity index (χ1n) is 22.7. The number of hydrogen-bond donors (Lipinski definition) is 7. The van der Waals surface area contributed by atoms with Crippen LogP contribution in [0.15, 0.2) is 48.5 Å². The fourth-order valence-electron chi connectivity index (χ4n) is 7.58. The molecule has 0 saturated carbocycles. The summed E-state index contributed by atoms with van der Waals surface area (Å²) in [5.41, 5.74) is 1.25. The molecule has 1 aliphatic heterocycles. The molecule has 59 heavy (non-hydrogen) atoms. The molecule has 11 nitrogen and oxygen atoms in total. The molecule has 2 aromatic rings. The van der Waals surface area contributed by atoms with Crippen LogP contribution < -0.4 is 10.1 Å². The van der Waals surface area contributed by atoms with Gasteiger partial charge in [0.15, 0.2) is 6.29 Å². The molecular formula is C47H76FNO10. The van der Waals surface area contributed by atoms with Gasteiger partial charge in [-0.2, -0.15) is 0 Å². The van der Waals surface area contributed by atoms with Gasteiger partial charge in [0.1, 0.15) is 47.8 Å². The summed E-state index contributed by atoms with van der Waals surface area (Å²) >= 11 is 0. The Morgan fingerprint density at radius 3 is 1.76 bits per heavy atom. The van der Waals surface area contributed by atoms with Gasteiger partial charge in [0.2, 0.25) is 5.91 Å². The van der Waals surface area contributed by atoms with Gasteiger partial charge in [-0.25, -0.2) is 4.39 Å². The maximum absolute atomic E-state index is 13.1. The topological polar surface area (TPSA) is 178 Å². The molecule has 1 heterocycles. The van der Waals surface area contributed by atoms with Crippen LogP contribution in [0.2, 0.25) is 0 Å². The van der Waals surface area contributed by atoms with Crippen molar-refractivity contribution < 1.29 is 54.0 Å². The number of amides is 1. The van der Waals surface area contributed by atoms with E-state index in [0.717, 1.165) is 82.8 Å². The second kappa shape index (κ2) is 30.4. The van der Waals surface area contributed by atoms with E-state index in [9.17, 15) is 39.8 Å². The number of aliphatic hydroxyl groups excluding tert-OH is 6. The molecule has 0 bridgehead atoms. The number of aryl methyl sites for hydroxylation is 1. The van der Waals surface area contributed by atoms with Crippen LogP contribution in [0.4, 0.5) is 4.39 Å². The van der Waals surface area contributed by atoms with Crippen molar-refractivity contribution in [2.75, 3.05) is 13.2 Å². The SMILES string of the molecule is CCCCCCCCCCCCCC[C@@H](O)[C@@H](O)[C@H](CO[C@@H]1OC(CO)[C@H](O)[C@H](O)C1O)NC(=O)CCCCCCCCCCc1ccc(Oc2ccc(F)cc2)cc1. The second-order valence-corrected chi connectivity index (χ2v) is 16.5. The highest BCUT2D eigenvalue weighted by atomic mass is 19.1. The minimum absolute atomic E-state index is 0.242. The van der Waals surface area contributed by atoms with Crippen LogP contribution in [0.3, 0.4) is 0 Å². The number of carbonyl (C=O) groups excluding carboxylic acids is 1. The number of nitrogens with one attached hydrogen (secondary N) is 1. The van der Waals surface area contributed by atoms with Crippen molar-refractivity contribution in [1.82, 2.24) is 5.32 Å². The van der Waals surface area contributed by atoms with Gasteiger partial charge in [-0.3, -0.25) is 4.79 Å². The fraction of sp³-hybridized carbons (Fsp3) is 0.723. The molecule has 0 radical (unpaired) electrons. The van der Waals surface area contributed by atoms with Gasteiger partial charge in [-0.05, 0) is 67.6 Å². The van der Waals surface area contributed by atoms with E-state index < -0.39 is 55.6 Å². The Kier molecular flexibility index (Phi) is 26.1. The van der Waals surface area contributed by atoms with Crippen molar-refractivity contribution in [3.8, 4) is 11.5 Å². The molecule has 1 saturated heterocycles. The second-order valence-electron chi connectivity index (χ2n) is 16.5. The molecule has 0 aromatic heterocycles. The summed E-state index contributed by atoms with van der Waals surface area (Å²) in [4.78, 5) is 13.0. The lowest BCUT2D eigenvalue weighted by Crippen LogP contribution is -2.60. The number of carbonyl (C=O) groups is 1. The van der Waals surface area contributed by atoms with E-state index in [4.69, 9.17) is 14.2 Å². The normalized spacial score (nSPS) is 20.9. The molecule has 2 aromatic carbocycles. The maximum Gasteiger partial charge on any atom is 0.220 e. The lowest BCUT2D eigenvalue weighted by atomic mass is 9.98. The highest BCUT2D eigenvalue weighted by Gasteiger charge is 2.44. The molecule has 3 rings (SSSR count). The smallest absolute Gasteiger partial charge is 0.220 e. The predicted octanol–water partition coefficient (Wildman–Crippen LogP) is 7.79. The third-order valence-electron chi connectivity index (χ3n) is 11.4. The molecule has 12 heteroatoms. The van der Waals surface area contributed by atoms with Crippen molar-refractivity contribution >= 4 is 5.91 Å². The average Bonchev–Trinajstić information content (AvgIpc) is 3.24. The number of hydrogen-bond acceptors (Lipinski definition) is 10. The van der Waals surface area contributed by atoms with Gasteiger partial charge in [-0.15, -0.1) is 0 Å². The number of unbranched alkanes of at least 4 members (excludes halogenated alkanes) is 18. The van der Waals surface area contributed by atoms with Gasteiger partial charge in [0, 0.05) is 6.42 Å². The molecular weight excluding hydrogens is 758 g/mol. The number of aliphatic hydroxyl groups is 6. The minimum atomic E-state index is -1.62. The number of benzene rings is 2. The molecule has 0 aliphatic carbocycles.